The SMILES string of the molecule is O=C(Nc1nccs1)[C@H]1CCCN1C(=O)CCc1ccc(F)cc1. The molecule has 1 aromatic carbocycles. The van der Waals surface area contributed by atoms with Gasteiger partial charge in [0.05, 0.1) is 0 Å². The molecule has 7 heteroatoms. The zero-order valence-electron chi connectivity index (χ0n) is 13.1. The van der Waals surface area contributed by atoms with Crippen molar-refractivity contribution in [2.24, 2.45) is 0 Å². The third-order valence-electron chi connectivity index (χ3n) is 4.08. The van der Waals surface area contributed by atoms with Gasteiger partial charge in [0.25, 0.3) is 0 Å². The summed E-state index contributed by atoms with van der Waals surface area (Å²) in [5.41, 5.74) is 0.910. The molecule has 1 N–H and O–H groups in total. The molecular weight excluding hydrogens is 329 g/mol. The van der Waals surface area contributed by atoms with Gasteiger partial charge < -0.3 is 10.2 Å². The second-order valence-corrected chi connectivity index (χ2v) is 6.59. The summed E-state index contributed by atoms with van der Waals surface area (Å²) in [6.07, 6.45) is 3.96. The lowest BCUT2D eigenvalue weighted by atomic mass is 10.1. The average Bonchev–Trinajstić information content (AvgIpc) is 3.25. The summed E-state index contributed by atoms with van der Waals surface area (Å²) in [5.74, 6) is -0.516. The van der Waals surface area contributed by atoms with E-state index in [1.54, 1.807) is 28.6 Å². The van der Waals surface area contributed by atoms with E-state index in [0.717, 1.165) is 12.0 Å². The van der Waals surface area contributed by atoms with E-state index in [0.29, 0.717) is 30.9 Å². The summed E-state index contributed by atoms with van der Waals surface area (Å²) in [5, 5.41) is 5.10. The van der Waals surface area contributed by atoms with Gasteiger partial charge in [-0.1, -0.05) is 12.1 Å². The quantitative estimate of drug-likeness (QED) is 0.905. The maximum Gasteiger partial charge on any atom is 0.248 e. The number of carbonyl (C=O) groups excluding carboxylic acids is 2. The van der Waals surface area contributed by atoms with Gasteiger partial charge in [-0.25, -0.2) is 9.37 Å². The van der Waals surface area contributed by atoms with Crippen molar-refractivity contribution < 1.29 is 14.0 Å². The standard InChI is InChI=1S/C17H18FN3O2S/c18-13-6-3-12(4-7-13)5-8-15(22)21-10-1-2-14(21)16(23)20-17-19-9-11-24-17/h3-4,6-7,9,11,14H,1-2,5,8,10H2,(H,19,20,23)/t14-/m1/s1. The van der Waals surface area contributed by atoms with E-state index in [1.807, 2.05) is 0 Å². The van der Waals surface area contributed by atoms with Crippen molar-refractivity contribution in [3.63, 3.8) is 0 Å². The molecule has 2 aromatic rings. The molecule has 0 bridgehead atoms. The van der Waals surface area contributed by atoms with E-state index in [9.17, 15) is 14.0 Å². The second kappa shape index (κ2) is 7.53. The van der Waals surface area contributed by atoms with Crippen molar-refractivity contribution in [3.8, 4) is 0 Å². The molecule has 1 atom stereocenters. The predicted octanol–water partition coefficient (Wildman–Crippen LogP) is 2.84. The van der Waals surface area contributed by atoms with E-state index in [1.165, 1.54) is 23.5 Å². The molecule has 0 radical (unpaired) electrons. The lowest BCUT2D eigenvalue weighted by molar-refractivity contribution is -0.136. The van der Waals surface area contributed by atoms with Crippen molar-refractivity contribution in [3.05, 3.63) is 47.2 Å². The third-order valence-corrected chi connectivity index (χ3v) is 4.77. The van der Waals surface area contributed by atoms with Crippen LogP contribution in [0, 0.1) is 5.82 Å². The summed E-state index contributed by atoms with van der Waals surface area (Å²) in [7, 11) is 0. The minimum atomic E-state index is -0.436. The molecule has 3 rings (SSSR count). The fourth-order valence-corrected chi connectivity index (χ4v) is 3.39. The number of carbonyl (C=O) groups is 2. The Labute approximate surface area is 143 Å². The number of rotatable bonds is 5. The first-order valence-electron chi connectivity index (χ1n) is 7.88. The summed E-state index contributed by atoms with van der Waals surface area (Å²) in [6.45, 7) is 0.595. The van der Waals surface area contributed by atoms with Gasteiger partial charge in [0, 0.05) is 24.5 Å². The number of halogens is 1. The summed E-state index contributed by atoms with van der Waals surface area (Å²) >= 11 is 1.35. The van der Waals surface area contributed by atoms with Crippen molar-refractivity contribution >= 4 is 28.3 Å². The van der Waals surface area contributed by atoms with E-state index >= 15 is 0 Å². The van der Waals surface area contributed by atoms with Crippen LogP contribution in [0.15, 0.2) is 35.8 Å². The first kappa shape index (κ1) is 16.6. The van der Waals surface area contributed by atoms with E-state index in [-0.39, 0.29) is 17.6 Å². The van der Waals surface area contributed by atoms with Crippen LogP contribution in [-0.4, -0.2) is 34.3 Å². The molecule has 0 saturated carbocycles. The van der Waals surface area contributed by atoms with Gasteiger partial charge in [0.1, 0.15) is 11.9 Å². The summed E-state index contributed by atoms with van der Waals surface area (Å²) in [4.78, 5) is 30.5. The van der Waals surface area contributed by atoms with Crippen LogP contribution in [-0.2, 0) is 16.0 Å². The lowest BCUT2D eigenvalue weighted by Crippen LogP contribution is -2.43. The molecule has 0 aliphatic carbocycles. The topological polar surface area (TPSA) is 62.3 Å². The van der Waals surface area contributed by atoms with Crippen molar-refractivity contribution in [1.29, 1.82) is 0 Å². The molecule has 0 spiro atoms. The summed E-state index contributed by atoms with van der Waals surface area (Å²) < 4.78 is 12.9. The van der Waals surface area contributed by atoms with Crippen LogP contribution in [0.2, 0.25) is 0 Å². The first-order chi connectivity index (χ1) is 11.6. The highest BCUT2D eigenvalue weighted by Crippen LogP contribution is 2.21. The molecule has 2 heterocycles. The van der Waals surface area contributed by atoms with Gasteiger partial charge >= 0.3 is 0 Å². The van der Waals surface area contributed by atoms with Gasteiger partial charge in [0.15, 0.2) is 5.13 Å². The molecule has 1 saturated heterocycles. The van der Waals surface area contributed by atoms with Gasteiger partial charge in [-0.05, 0) is 37.0 Å². The minimum Gasteiger partial charge on any atom is -0.331 e. The first-order valence-corrected chi connectivity index (χ1v) is 8.76. The number of thiazole rings is 1. The van der Waals surface area contributed by atoms with Crippen LogP contribution in [0.25, 0.3) is 0 Å². The molecule has 2 amide bonds. The van der Waals surface area contributed by atoms with Gasteiger partial charge in [0.2, 0.25) is 11.8 Å². The Kier molecular flexibility index (Phi) is 5.20. The van der Waals surface area contributed by atoms with Gasteiger partial charge in [-0.2, -0.15) is 0 Å². The van der Waals surface area contributed by atoms with E-state index < -0.39 is 6.04 Å². The molecule has 1 aromatic heterocycles. The molecular formula is C17H18FN3O2S. The maximum atomic E-state index is 12.9. The Morgan fingerprint density at radius 2 is 2.12 bits per heavy atom. The minimum absolute atomic E-state index is 0.0453. The van der Waals surface area contributed by atoms with E-state index in [2.05, 4.69) is 10.3 Å². The van der Waals surface area contributed by atoms with Crippen LogP contribution in [0.4, 0.5) is 9.52 Å². The highest BCUT2D eigenvalue weighted by atomic mass is 32.1. The van der Waals surface area contributed by atoms with Gasteiger partial charge in [-0.15, -0.1) is 11.3 Å². The van der Waals surface area contributed by atoms with Crippen LogP contribution in [0.3, 0.4) is 0 Å². The molecule has 5 nitrogen and oxygen atoms in total. The highest BCUT2D eigenvalue weighted by Gasteiger charge is 2.33. The van der Waals surface area contributed by atoms with Crippen molar-refractivity contribution in [2.45, 2.75) is 31.7 Å². The van der Waals surface area contributed by atoms with E-state index in [4.69, 9.17) is 0 Å². The monoisotopic (exact) mass is 347 g/mol. The summed E-state index contributed by atoms with van der Waals surface area (Å²) in [6, 6.07) is 5.70. The molecule has 1 aliphatic rings. The molecule has 0 unspecified atom stereocenters. The third kappa shape index (κ3) is 3.97. The average molecular weight is 347 g/mol. The highest BCUT2D eigenvalue weighted by molar-refractivity contribution is 7.13. The molecule has 126 valence electrons. The van der Waals surface area contributed by atoms with Crippen LogP contribution in [0.5, 0.6) is 0 Å². The van der Waals surface area contributed by atoms with Crippen LogP contribution < -0.4 is 5.32 Å². The normalized spacial score (nSPS) is 17.0. The largest absolute Gasteiger partial charge is 0.331 e. The molecule has 1 aliphatic heterocycles. The number of hydrogen-bond acceptors (Lipinski definition) is 4. The van der Waals surface area contributed by atoms with Crippen LogP contribution >= 0.6 is 11.3 Å². The Morgan fingerprint density at radius 3 is 2.83 bits per heavy atom. The number of aromatic nitrogens is 1. The predicted molar refractivity (Wildman–Crippen MR) is 90.2 cm³/mol. The van der Waals surface area contributed by atoms with Crippen molar-refractivity contribution in [1.82, 2.24) is 9.88 Å². The molecule has 1 fully saturated rings. The Morgan fingerprint density at radius 1 is 1.33 bits per heavy atom. The zero-order chi connectivity index (χ0) is 16.9. The van der Waals surface area contributed by atoms with Crippen molar-refractivity contribution in [2.75, 3.05) is 11.9 Å². The number of nitrogens with zero attached hydrogens (tertiary/aromatic N) is 2. The number of aryl methyl sites for hydroxylation is 1. The van der Waals surface area contributed by atoms with Crippen LogP contribution in [0.1, 0.15) is 24.8 Å². The molecule has 24 heavy (non-hydrogen) atoms. The number of hydrogen-bond donors (Lipinski definition) is 1. The number of anilines is 1. The zero-order valence-corrected chi connectivity index (χ0v) is 13.9. The Balaban J connectivity index is 1.56. The number of amides is 2. The number of benzene rings is 1. The fourth-order valence-electron chi connectivity index (χ4n) is 2.86. The number of nitrogens with one attached hydrogen (secondary N) is 1. The second-order valence-electron chi connectivity index (χ2n) is 5.70. The fraction of sp³-hybridized carbons (Fsp3) is 0.353. The van der Waals surface area contributed by atoms with Gasteiger partial charge in [-0.3, -0.25) is 9.59 Å². The smallest absolute Gasteiger partial charge is 0.248 e. The number of likely N-dealkylation sites (tertiary alicyclic amines) is 1. The maximum absolute atomic E-state index is 12.9. The Bertz CT molecular complexity index is 703. The Hall–Kier alpha value is -2.28. The lowest BCUT2D eigenvalue weighted by Gasteiger charge is -2.23.